The molecular weight excluding hydrogens is 309 g/mol. The molecule has 0 fully saturated rings. The summed E-state index contributed by atoms with van der Waals surface area (Å²) in [6, 6.07) is 7.54. The average molecular weight is 316 g/mol. The van der Waals surface area contributed by atoms with Crippen LogP contribution in [0.5, 0.6) is 0 Å². The summed E-state index contributed by atoms with van der Waals surface area (Å²) in [6.45, 7) is 0. The van der Waals surface area contributed by atoms with Crippen LogP contribution in [-0.4, -0.2) is 24.7 Å². The lowest BCUT2D eigenvalue weighted by atomic mass is 10.2. The SMILES string of the molecule is Fc1ccc(Cl)c(-c2nc(-c3ccn4cnnc4c3)no2)c1. The number of halogens is 2. The number of benzene rings is 1. The van der Waals surface area contributed by atoms with Gasteiger partial charge in [-0.15, -0.1) is 10.2 Å². The summed E-state index contributed by atoms with van der Waals surface area (Å²) < 4.78 is 20.3. The number of nitrogens with zero attached hydrogens (tertiary/aromatic N) is 5. The zero-order valence-electron chi connectivity index (χ0n) is 10.9. The minimum atomic E-state index is -0.427. The standard InChI is InChI=1S/C14H7ClFN5O/c15-11-2-1-9(16)6-10(11)14-18-13(20-22-14)8-3-4-21-7-17-19-12(21)5-8/h1-7H. The zero-order valence-corrected chi connectivity index (χ0v) is 11.7. The molecule has 0 bridgehead atoms. The van der Waals surface area contributed by atoms with Gasteiger partial charge in [-0.1, -0.05) is 16.8 Å². The van der Waals surface area contributed by atoms with Gasteiger partial charge in [0.15, 0.2) is 5.65 Å². The van der Waals surface area contributed by atoms with Crippen molar-refractivity contribution < 1.29 is 8.91 Å². The van der Waals surface area contributed by atoms with Crippen molar-refractivity contribution in [2.45, 2.75) is 0 Å². The highest BCUT2D eigenvalue weighted by Gasteiger charge is 2.14. The minimum Gasteiger partial charge on any atom is -0.334 e. The van der Waals surface area contributed by atoms with Gasteiger partial charge in [-0.05, 0) is 30.3 Å². The molecule has 0 aliphatic heterocycles. The van der Waals surface area contributed by atoms with E-state index in [9.17, 15) is 4.39 Å². The van der Waals surface area contributed by atoms with Crippen LogP contribution in [0.2, 0.25) is 5.02 Å². The molecule has 6 nitrogen and oxygen atoms in total. The van der Waals surface area contributed by atoms with Gasteiger partial charge in [-0.3, -0.25) is 4.40 Å². The number of hydrogen-bond donors (Lipinski definition) is 0. The topological polar surface area (TPSA) is 69.1 Å². The Labute approximate surface area is 128 Å². The Hall–Kier alpha value is -2.80. The van der Waals surface area contributed by atoms with Crippen LogP contribution >= 0.6 is 11.6 Å². The highest BCUT2D eigenvalue weighted by atomic mass is 35.5. The Bertz CT molecular complexity index is 980. The van der Waals surface area contributed by atoms with E-state index in [0.29, 0.717) is 27.6 Å². The number of hydrogen-bond acceptors (Lipinski definition) is 5. The van der Waals surface area contributed by atoms with E-state index in [0.717, 1.165) is 0 Å². The van der Waals surface area contributed by atoms with Crippen LogP contribution < -0.4 is 0 Å². The Morgan fingerprint density at radius 2 is 2.09 bits per heavy atom. The minimum absolute atomic E-state index is 0.154. The molecule has 0 saturated heterocycles. The molecule has 108 valence electrons. The number of rotatable bonds is 2. The molecule has 0 aliphatic rings. The first-order valence-corrected chi connectivity index (χ1v) is 6.67. The third-order valence-corrected chi connectivity index (χ3v) is 3.47. The second kappa shape index (κ2) is 4.88. The van der Waals surface area contributed by atoms with Crippen LogP contribution in [0.4, 0.5) is 4.39 Å². The lowest BCUT2D eigenvalue weighted by Crippen LogP contribution is -1.87. The fraction of sp³-hybridized carbons (Fsp3) is 0. The third kappa shape index (κ3) is 2.11. The number of aromatic nitrogens is 5. The van der Waals surface area contributed by atoms with Crippen LogP contribution in [-0.2, 0) is 0 Å². The second-order valence-electron chi connectivity index (χ2n) is 4.56. The van der Waals surface area contributed by atoms with E-state index in [1.807, 2.05) is 0 Å². The quantitative estimate of drug-likeness (QED) is 0.568. The summed E-state index contributed by atoms with van der Waals surface area (Å²) in [7, 11) is 0. The largest absolute Gasteiger partial charge is 0.334 e. The van der Waals surface area contributed by atoms with E-state index in [4.69, 9.17) is 16.1 Å². The predicted molar refractivity (Wildman–Crippen MR) is 76.7 cm³/mol. The van der Waals surface area contributed by atoms with Gasteiger partial charge in [0.2, 0.25) is 5.82 Å². The number of pyridine rings is 1. The molecule has 4 rings (SSSR count). The van der Waals surface area contributed by atoms with Gasteiger partial charge in [0.25, 0.3) is 5.89 Å². The molecule has 0 atom stereocenters. The van der Waals surface area contributed by atoms with Crippen molar-refractivity contribution in [3.05, 3.63) is 53.7 Å². The van der Waals surface area contributed by atoms with Crippen LogP contribution in [0, 0.1) is 5.82 Å². The van der Waals surface area contributed by atoms with Crippen LogP contribution in [0.15, 0.2) is 47.4 Å². The van der Waals surface area contributed by atoms with E-state index >= 15 is 0 Å². The monoisotopic (exact) mass is 315 g/mol. The summed E-state index contributed by atoms with van der Waals surface area (Å²) in [5.41, 5.74) is 1.72. The molecule has 22 heavy (non-hydrogen) atoms. The van der Waals surface area contributed by atoms with Gasteiger partial charge in [0.05, 0.1) is 10.6 Å². The normalized spacial score (nSPS) is 11.2. The first kappa shape index (κ1) is 12.9. The second-order valence-corrected chi connectivity index (χ2v) is 4.97. The average Bonchev–Trinajstić information content (AvgIpc) is 3.17. The van der Waals surface area contributed by atoms with E-state index in [1.54, 1.807) is 29.1 Å². The maximum Gasteiger partial charge on any atom is 0.259 e. The summed E-state index contributed by atoms with van der Waals surface area (Å²) >= 11 is 6.03. The van der Waals surface area contributed by atoms with Crippen molar-refractivity contribution in [3.8, 4) is 22.8 Å². The van der Waals surface area contributed by atoms with Crippen molar-refractivity contribution in [2.75, 3.05) is 0 Å². The molecule has 1 aromatic carbocycles. The summed E-state index contributed by atoms with van der Waals surface area (Å²) in [5, 5.41) is 12.0. The molecule has 3 heterocycles. The smallest absolute Gasteiger partial charge is 0.259 e. The van der Waals surface area contributed by atoms with Crippen LogP contribution in [0.25, 0.3) is 28.5 Å². The fourth-order valence-corrected chi connectivity index (χ4v) is 2.27. The van der Waals surface area contributed by atoms with Gasteiger partial charge in [-0.25, -0.2) is 4.39 Å². The molecule has 4 aromatic rings. The zero-order chi connectivity index (χ0) is 15.1. The van der Waals surface area contributed by atoms with Gasteiger partial charge in [-0.2, -0.15) is 4.98 Å². The summed E-state index contributed by atoms with van der Waals surface area (Å²) in [6.07, 6.45) is 3.38. The highest BCUT2D eigenvalue weighted by Crippen LogP contribution is 2.29. The third-order valence-electron chi connectivity index (χ3n) is 3.14. The van der Waals surface area contributed by atoms with Gasteiger partial charge in [0, 0.05) is 11.8 Å². The molecule has 8 heteroatoms. The first-order valence-electron chi connectivity index (χ1n) is 6.29. The van der Waals surface area contributed by atoms with Crippen molar-refractivity contribution >= 4 is 17.2 Å². The molecule has 0 aliphatic carbocycles. The summed E-state index contributed by atoms with van der Waals surface area (Å²) in [5.74, 6) is 0.0886. The van der Waals surface area contributed by atoms with E-state index in [-0.39, 0.29) is 5.89 Å². The van der Waals surface area contributed by atoms with Crippen molar-refractivity contribution in [1.29, 1.82) is 0 Å². The highest BCUT2D eigenvalue weighted by molar-refractivity contribution is 6.33. The molecule has 0 spiro atoms. The van der Waals surface area contributed by atoms with E-state index in [1.165, 1.54) is 18.2 Å². The molecule has 0 radical (unpaired) electrons. The molecule has 0 unspecified atom stereocenters. The fourth-order valence-electron chi connectivity index (χ4n) is 2.07. The Morgan fingerprint density at radius 3 is 3.00 bits per heavy atom. The van der Waals surface area contributed by atoms with E-state index in [2.05, 4.69) is 20.3 Å². The van der Waals surface area contributed by atoms with Crippen LogP contribution in [0.3, 0.4) is 0 Å². The maximum atomic E-state index is 13.3. The van der Waals surface area contributed by atoms with Crippen molar-refractivity contribution in [2.24, 2.45) is 0 Å². The Balaban J connectivity index is 1.78. The Morgan fingerprint density at radius 1 is 1.18 bits per heavy atom. The van der Waals surface area contributed by atoms with Crippen molar-refractivity contribution in [1.82, 2.24) is 24.7 Å². The van der Waals surface area contributed by atoms with E-state index < -0.39 is 5.82 Å². The Kier molecular flexibility index (Phi) is 2.87. The maximum absolute atomic E-state index is 13.3. The molecular formula is C14H7ClFN5O. The number of fused-ring (bicyclic) bond motifs is 1. The van der Waals surface area contributed by atoms with Crippen molar-refractivity contribution in [3.63, 3.8) is 0 Å². The predicted octanol–water partition coefficient (Wildman–Crippen LogP) is 3.24. The first-order chi connectivity index (χ1) is 10.7. The molecule has 0 saturated carbocycles. The van der Waals surface area contributed by atoms with Crippen LogP contribution in [0.1, 0.15) is 0 Å². The summed E-state index contributed by atoms with van der Waals surface area (Å²) in [4.78, 5) is 4.26. The van der Waals surface area contributed by atoms with Gasteiger partial charge < -0.3 is 4.52 Å². The molecule has 3 aromatic heterocycles. The lowest BCUT2D eigenvalue weighted by Gasteiger charge is -1.98. The van der Waals surface area contributed by atoms with Gasteiger partial charge in [0.1, 0.15) is 12.1 Å². The lowest BCUT2D eigenvalue weighted by molar-refractivity contribution is 0.432. The molecule has 0 N–H and O–H groups in total. The van der Waals surface area contributed by atoms with Gasteiger partial charge >= 0.3 is 0 Å². The molecule has 0 amide bonds.